The Hall–Kier alpha value is -1.83. The van der Waals surface area contributed by atoms with Crippen molar-refractivity contribution >= 4 is 5.69 Å². The zero-order valence-corrected chi connectivity index (χ0v) is 8.27. The van der Waals surface area contributed by atoms with Gasteiger partial charge in [0.15, 0.2) is 0 Å². The summed E-state index contributed by atoms with van der Waals surface area (Å²) in [6.07, 6.45) is 1.91. The molecule has 0 atom stereocenters. The standard InChI is InChI=1S/C9H12N4O/c1-12(2)8-6-9(14)13(11-7-8)5-3-4-10/h6-7H,3,5H2,1-2H3. The first-order chi connectivity index (χ1) is 6.65. The zero-order valence-electron chi connectivity index (χ0n) is 8.27. The van der Waals surface area contributed by atoms with Crippen LogP contribution in [0.3, 0.4) is 0 Å². The van der Waals surface area contributed by atoms with Crippen molar-refractivity contribution in [2.45, 2.75) is 13.0 Å². The molecule has 0 unspecified atom stereocenters. The molecule has 0 aromatic carbocycles. The molecular formula is C9H12N4O. The predicted octanol–water partition coefficient (Wildman–Crippen LogP) is 0.223. The van der Waals surface area contributed by atoms with Crippen LogP contribution in [-0.4, -0.2) is 23.9 Å². The summed E-state index contributed by atoms with van der Waals surface area (Å²) in [6, 6.07) is 3.47. The molecule has 0 radical (unpaired) electrons. The fraction of sp³-hybridized carbons (Fsp3) is 0.444. The topological polar surface area (TPSA) is 61.9 Å². The van der Waals surface area contributed by atoms with Crippen LogP contribution in [0.2, 0.25) is 0 Å². The maximum Gasteiger partial charge on any atom is 0.268 e. The maximum absolute atomic E-state index is 11.4. The Bertz CT molecular complexity index is 402. The number of hydrogen-bond donors (Lipinski definition) is 0. The van der Waals surface area contributed by atoms with Crippen molar-refractivity contribution in [3.63, 3.8) is 0 Å². The summed E-state index contributed by atoms with van der Waals surface area (Å²) in [4.78, 5) is 13.2. The SMILES string of the molecule is CN(C)c1cnn(CCC#N)c(=O)c1. The summed E-state index contributed by atoms with van der Waals surface area (Å²) in [6.45, 7) is 0.350. The predicted molar refractivity (Wildman–Crippen MR) is 53.1 cm³/mol. The van der Waals surface area contributed by atoms with E-state index in [-0.39, 0.29) is 5.56 Å². The van der Waals surface area contributed by atoms with Crippen molar-refractivity contribution < 1.29 is 0 Å². The molecule has 0 spiro atoms. The van der Waals surface area contributed by atoms with E-state index in [1.165, 1.54) is 10.7 Å². The average molecular weight is 192 g/mol. The minimum absolute atomic E-state index is 0.175. The fourth-order valence-electron chi connectivity index (χ4n) is 0.992. The summed E-state index contributed by atoms with van der Waals surface area (Å²) in [7, 11) is 3.69. The molecule has 0 N–H and O–H groups in total. The third kappa shape index (κ3) is 2.33. The third-order valence-corrected chi connectivity index (χ3v) is 1.81. The van der Waals surface area contributed by atoms with Crippen LogP contribution in [0.5, 0.6) is 0 Å². The molecule has 0 aliphatic carbocycles. The number of nitriles is 1. The van der Waals surface area contributed by atoms with Gasteiger partial charge in [0.2, 0.25) is 0 Å². The molecule has 5 nitrogen and oxygen atoms in total. The minimum atomic E-state index is -0.175. The normalized spacial score (nSPS) is 9.50. The Balaban J connectivity index is 2.92. The van der Waals surface area contributed by atoms with Crippen LogP contribution < -0.4 is 10.5 Å². The number of aromatic nitrogens is 2. The van der Waals surface area contributed by atoms with Crippen LogP contribution in [0.1, 0.15) is 6.42 Å². The summed E-state index contributed by atoms with van der Waals surface area (Å²) in [5.74, 6) is 0. The smallest absolute Gasteiger partial charge is 0.268 e. The van der Waals surface area contributed by atoms with Gasteiger partial charge in [-0.15, -0.1) is 0 Å². The number of anilines is 1. The van der Waals surface area contributed by atoms with Crippen LogP contribution >= 0.6 is 0 Å². The second-order valence-corrected chi connectivity index (χ2v) is 3.08. The van der Waals surface area contributed by atoms with E-state index < -0.39 is 0 Å². The molecule has 74 valence electrons. The van der Waals surface area contributed by atoms with E-state index in [4.69, 9.17) is 5.26 Å². The molecule has 14 heavy (non-hydrogen) atoms. The third-order valence-electron chi connectivity index (χ3n) is 1.81. The van der Waals surface area contributed by atoms with Gasteiger partial charge in [-0.3, -0.25) is 4.79 Å². The highest BCUT2D eigenvalue weighted by Crippen LogP contribution is 2.03. The molecule has 1 aromatic heterocycles. The van der Waals surface area contributed by atoms with Crippen LogP contribution in [-0.2, 0) is 6.54 Å². The van der Waals surface area contributed by atoms with E-state index in [2.05, 4.69) is 5.10 Å². The largest absolute Gasteiger partial charge is 0.376 e. The Kier molecular flexibility index (Phi) is 3.24. The minimum Gasteiger partial charge on any atom is -0.376 e. The van der Waals surface area contributed by atoms with E-state index in [1.54, 1.807) is 6.20 Å². The number of nitrogens with zero attached hydrogens (tertiary/aromatic N) is 4. The van der Waals surface area contributed by atoms with Crippen LogP contribution in [0.25, 0.3) is 0 Å². The van der Waals surface area contributed by atoms with Gasteiger partial charge in [0.05, 0.1) is 30.9 Å². The van der Waals surface area contributed by atoms with E-state index in [0.717, 1.165) is 5.69 Å². The maximum atomic E-state index is 11.4. The van der Waals surface area contributed by atoms with Gasteiger partial charge in [-0.1, -0.05) is 0 Å². The second-order valence-electron chi connectivity index (χ2n) is 3.08. The highest BCUT2D eigenvalue weighted by Gasteiger charge is 2.00. The first kappa shape index (κ1) is 10.3. The molecule has 0 saturated carbocycles. The molecule has 5 heteroatoms. The molecule has 0 aliphatic heterocycles. The lowest BCUT2D eigenvalue weighted by Crippen LogP contribution is -2.24. The second kappa shape index (κ2) is 4.42. The first-order valence-electron chi connectivity index (χ1n) is 4.26. The lowest BCUT2D eigenvalue weighted by atomic mass is 10.4. The van der Waals surface area contributed by atoms with E-state index in [1.807, 2.05) is 25.1 Å². The molecule has 0 amide bonds. The molecule has 1 aromatic rings. The van der Waals surface area contributed by atoms with E-state index in [0.29, 0.717) is 13.0 Å². The van der Waals surface area contributed by atoms with Crippen molar-refractivity contribution in [2.75, 3.05) is 19.0 Å². The zero-order chi connectivity index (χ0) is 10.6. The Morgan fingerprint density at radius 2 is 2.36 bits per heavy atom. The number of rotatable bonds is 3. The number of hydrogen-bond acceptors (Lipinski definition) is 4. The summed E-state index contributed by atoms with van der Waals surface area (Å²) < 4.78 is 1.29. The molecule has 0 aliphatic rings. The highest BCUT2D eigenvalue weighted by atomic mass is 16.1. The average Bonchev–Trinajstić information content (AvgIpc) is 2.15. The van der Waals surface area contributed by atoms with Crippen molar-refractivity contribution in [2.24, 2.45) is 0 Å². The molecular weight excluding hydrogens is 180 g/mol. The lowest BCUT2D eigenvalue weighted by molar-refractivity contribution is 0.588. The number of aryl methyl sites for hydroxylation is 1. The van der Waals surface area contributed by atoms with E-state index in [9.17, 15) is 4.79 Å². The summed E-state index contributed by atoms with van der Waals surface area (Å²) in [5.41, 5.74) is 0.592. The summed E-state index contributed by atoms with van der Waals surface area (Å²) >= 11 is 0. The van der Waals surface area contributed by atoms with Gasteiger partial charge >= 0.3 is 0 Å². The van der Waals surface area contributed by atoms with Gasteiger partial charge in [0.1, 0.15) is 0 Å². The van der Waals surface area contributed by atoms with Crippen molar-refractivity contribution in [3.8, 4) is 6.07 Å². The van der Waals surface area contributed by atoms with Gasteiger partial charge in [0.25, 0.3) is 5.56 Å². The molecule has 1 heterocycles. The molecule has 0 bridgehead atoms. The van der Waals surface area contributed by atoms with Crippen LogP contribution in [0.4, 0.5) is 5.69 Å². The van der Waals surface area contributed by atoms with Crippen molar-refractivity contribution in [1.29, 1.82) is 5.26 Å². The van der Waals surface area contributed by atoms with E-state index >= 15 is 0 Å². The van der Waals surface area contributed by atoms with Gasteiger partial charge < -0.3 is 4.90 Å². The lowest BCUT2D eigenvalue weighted by Gasteiger charge is -2.11. The monoisotopic (exact) mass is 192 g/mol. The molecule has 1 rings (SSSR count). The quantitative estimate of drug-likeness (QED) is 0.687. The van der Waals surface area contributed by atoms with Gasteiger partial charge in [-0.2, -0.15) is 10.4 Å². The highest BCUT2D eigenvalue weighted by molar-refractivity contribution is 5.40. The molecule has 0 fully saturated rings. The Morgan fingerprint density at radius 3 is 2.86 bits per heavy atom. The Morgan fingerprint density at radius 1 is 1.64 bits per heavy atom. The van der Waals surface area contributed by atoms with Crippen molar-refractivity contribution in [1.82, 2.24) is 9.78 Å². The molecule has 0 saturated heterocycles. The first-order valence-corrected chi connectivity index (χ1v) is 4.26. The van der Waals surface area contributed by atoms with Gasteiger partial charge in [0, 0.05) is 20.2 Å². The summed E-state index contributed by atoms with van der Waals surface area (Å²) in [5, 5.41) is 12.3. The van der Waals surface area contributed by atoms with Gasteiger partial charge in [-0.25, -0.2) is 4.68 Å². The Labute approximate surface area is 82.2 Å². The van der Waals surface area contributed by atoms with Crippen molar-refractivity contribution in [3.05, 3.63) is 22.6 Å². The van der Waals surface area contributed by atoms with Gasteiger partial charge in [-0.05, 0) is 0 Å². The fourth-order valence-corrected chi connectivity index (χ4v) is 0.992. The van der Waals surface area contributed by atoms with Crippen LogP contribution in [0.15, 0.2) is 17.1 Å². The van der Waals surface area contributed by atoms with Crippen LogP contribution in [0, 0.1) is 11.3 Å².